The van der Waals surface area contributed by atoms with Crippen LogP contribution in [0, 0.1) is 0 Å². The summed E-state index contributed by atoms with van der Waals surface area (Å²) < 4.78 is 10.4. The van der Waals surface area contributed by atoms with Gasteiger partial charge in [0, 0.05) is 19.6 Å². The van der Waals surface area contributed by atoms with Crippen LogP contribution >= 0.6 is 15.9 Å². The first-order valence-corrected chi connectivity index (χ1v) is 5.71. The fraction of sp³-hybridized carbons (Fsp3) is 0.500. The van der Waals surface area contributed by atoms with Crippen molar-refractivity contribution in [2.75, 3.05) is 19.8 Å². The number of aliphatic hydroxyl groups is 1. The van der Waals surface area contributed by atoms with Gasteiger partial charge in [-0.1, -0.05) is 0 Å². The lowest BCUT2D eigenvalue weighted by Crippen LogP contribution is -2.43. The zero-order valence-electron chi connectivity index (χ0n) is 8.53. The highest BCUT2D eigenvalue weighted by molar-refractivity contribution is 9.10. The molecule has 5 nitrogen and oxygen atoms in total. The molecular formula is C10H12BrNO4. The standard InChI is InChI=1S/C10H12BrNO4/c11-8-7(1-3-16-8)9(13)12-5-10(14)2-4-15-6-10/h1,3,14H,2,4-6H2,(H,12,13). The summed E-state index contributed by atoms with van der Waals surface area (Å²) in [5, 5.41) is 12.6. The van der Waals surface area contributed by atoms with Crippen LogP contribution in [0.25, 0.3) is 0 Å². The zero-order chi connectivity index (χ0) is 11.6. The Morgan fingerprint density at radius 3 is 3.06 bits per heavy atom. The van der Waals surface area contributed by atoms with Crippen molar-refractivity contribution in [1.82, 2.24) is 5.32 Å². The maximum Gasteiger partial charge on any atom is 0.255 e. The Kier molecular flexibility index (Phi) is 3.32. The first-order chi connectivity index (χ1) is 7.61. The third-order valence-electron chi connectivity index (χ3n) is 2.52. The molecule has 1 unspecified atom stereocenters. The fourth-order valence-electron chi connectivity index (χ4n) is 1.53. The van der Waals surface area contributed by atoms with E-state index in [-0.39, 0.29) is 19.1 Å². The highest BCUT2D eigenvalue weighted by Gasteiger charge is 2.32. The number of amides is 1. The largest absolute Gasteiger partial charge is 0.457 e. The molecule has 0 spiro atoms. The summed E-state index contributed by atoms with van der Waals surface area (Å²) in [6.07, 6.45) is 1.96. The highest BCUT2D eigenvalue weighted by Crippen LogP contribution is 2.19. The fourth-order valence-corrected chi connectivity index (χ4v) is 1.95. The number of halogens is 1. The van der Waals surface area contributed by atoms with E-state index in [1.807, 2.05) is 0 Å². The molecule has 0 aliphatic carbocycles. The van der Waals surface area contributed by atoms with Crippen molar-refractivity contribution >= 4 is 21.8 Å². The Balaban J connectivity index is 1.91. The van der Waals surface area contributed by atoms with Crippen molar-refractivity contribution < 1.29 is 19.1 Å². The molecule has 2 N–H and O–H groups in total. The van der Waals surface area contributed by atoms with Crippen LogP contribution in [0.15, 0.2) is 21.4 Å². The van der Waals surface area contributed by atoms with Gasteiger partial charge in [0.1, 0.15) is 5.60 Å². The van der Waals surface area contributed by atoms with Gasteiger partial charge in [-0.15, -0.1) is 0 Å². The van der Waals surface area contributed by atoms with E-state index in [1.54, 1.807) is 6.07 Å². The molecule has 0 radical (unpaired) electrons. The highest BCUT2D eigenvalue weighted by atomic mass is 79.9. The first-order valence-electron chi connectivity index (χ1n) is 4.92. The lowest BCUT2D eigenvalue weighted by molar-refractivity contribution is 0.0264. The minimum absolute atomic E-state index is 0.184. The van der Waals surface area contributed by atoms with Gasteiger partial charge < -0.3 is 19.6 Å². The second-order valence-electron chi connectivity index (χ2n) is 3.82. The lowest BCUT2D eigenvalue weighted by atomic mass is 10.0. The van der Waals surface area contributed by atoms with E-state index < -0.39 is 5.60 Å². The molecule has 1 fully saturated rings. The number of carbonyl (C=O) groups excluding carboxylic acids is 1. The molecule has 1 amide bonds. The van der Waals surface area contributed by atoms with E-state index in [2.05, 4.69) is 21.2 Å². The van der Waals surface area contributed by atoms with Crippen LogP contribution in [-0.2, 0) is 4.74 Å². The van der Waals surface area contributed by atoms with Gasteiger partial charge in [0.15, 0.2) is 4.67 Å². The molecule has 88 valence electrons. The Bertz CT molecular complexity index is 384. The second-order valence-corrected chi connectivity index (χ2v) is 4.54. The summed E-state index contributed by atoms with van der Waals surface area (Å²) >= 11 is 3.12. The normalized spacial score (nSPS) is 24.6. The zero-order valence-corrected chi connectivity index (χ0v) is 10.1. The number of furan rings is 1. The van der Waals surface area contributed by atoms with Crippen LogP contribution in [-0.4, -0.2) is 36.4 Å². The van der Waals surface area contributed by atoms with Gasteiger partial charge >= 0.3 is 0 Å². The summed E-state index contributed by atoms with van der Waals surface area (Å²) in [5.74, 6) is -0.277. The van der Waals surface area contributed by atoms with Crippen LogP contribution in [0.3, 0.4) is 0 Å². The van der Waals surface area contributed by atoms with Gasteiger partial charge in [-0.25, -0.2) is 0 Å². The molecule has 2 heterocycles. The number of nitrogens with one attached hydrogen (secondary N) is 1. The van der Waals surface area contributed by atoms with E-state index >= 15 is 0 Å². The van der Waals surface area contributed by atoms with Crippen molar-refractivity contribution in [3.05, 3.63) is 22.6 Å². The predicted octanol–water partition coefficient (Wildman–Crippen LogP) is 0.923. The average Bonchev–Trinajstić information content (AvgIpc) is 2.85. The summed E-state index contributed by atoms with van der Waals surface area (Å²) in [4.78, 5) is 11.7. The van der Waals surface area contributed by atoms with Crippen LogP contribution in [0.5, 0.6) is 0 Å². The molecule has 0 bridgehead atoms. The van der Waals surface area contributed by atoms with Gasteiger partial charge in [0.25, 0.3) is 5.91 Å². The van der Waals surface area contributed by atoms with Crippen molar-refractivity contribution in [3.8, 4) is 0 Å². The molecule has 16 heavy (non-hydrogen) atoms. The molecule has 2 rings (SSSR count). The predicted molar refractivity (Wildman–Crippen MR) is 59.1 cm³/mol. The molecule has 1 aliphatic heterocycles. The maximum atomic E-state index is 11.7. The topological polar surface area (TPSA) is 71.7 Å². The molecule has 0 saturated carbocycles. The molecule has 1 atom stereocenters. The minimum atomic E-state index is -0.939. The number of hydrogen-bond donors (Lipinski definition) is 2. The number of hydrogen-bond acceptors (Lipinski definition) is 4. The monoisotopic (exact) mass is 289 g/mol. The van der Waals surface area contributed by atoms with Crippen LogP contribution < -0.4 is 5.32 Å². The Morgan fingerprint density at radius 2 is 2.50 bits per heavy atom. The number of ether oxygens (including phenoxy) is 1. The Morgan fingerprint density at radius 1 is 1.69 bits per heavy atom. The number of rotatable bonds is 3. The average molecular weight is 290 g/mol. The summed E-state index contributed by atoms with van der Waals surface area (Å²) in [7, 11) is 0. The van der Waals surface area contributed by atoms with E-state index in [4.69, 9.17) is 9.15 Å². The molecular weight excluding hydrogens is 278 g/mol. The third-order valence-corrected chi connectivity index (χ3v) is 3.14. The van der Waals surface area contributed by atoms with E-state index in [1.165, 1.54) is 6.26 Å². The SMILES string of the molecule is O=C(NCC1(O)CCOC1)c1ccoc1Br. The quantitative estimate of drug-likeness (QED) is 0.868. The van der Waals surface area contributed by atoms with Crippen molar-refractivity contribution in [2.24, 2.45) is 0 Å². The van der Waals surface area contributed by atoms with E-state index in [0.29, 0.717) is 23.3 Å². The molecule has 6 heteroatoms. The molecule has 1 aromatic rings. The lowest BCUT2D eigenvalue weighted by Gasteiger charge is -2.20. The maximum absolute atomic E-state index is 11.7. The summed E-state index contributed by atoms with van der Waals surface area (Å²) in [5.41, 5.74) is -0.520. The molecule has 1 aliphatic rings. The van der Waals surface area contributed by atoms with Gasteiger partial charge in [0.05, 0.1) is 18.4 Å². The molecule has 1 saturated heterocycles. The van der Waals surface area contributed by atoms with Gasteiger partial charge in [-0.05, 0) is 22.0 Å². The van der Waals surface area contributed by atoms with Crippen LogP contribution in [0.2, 0.25) is 0 Å². The van der Waals surface area contributed by atoms with Crippen molar-refractivity contribution in [1.29, 1.82) is 0 Å². The van der Waals surface area contributed by atoms with Crippen molar-refractivity contribution in [2.45, 2.75) is 12.0 Å². The second kappa shape index (κ2) is 4.57. The molecule has 0 aromatic carbocycles. The Labute approximate surface area is 101 Å². The van der Waals surface area contributed by atoms with Crippen LogP contribution in [0.4, 0.5) is 0 Å². The minimum Gasteiger partial charge on any atom is -0.457 e. The van der Waals surface area contributed by atoms with Gasteiger partial charge in [0.2, 0.25) is 0 Å². The smallest absolute Gasteiger partial charge is 0.255 e. The summed E-state index contributed by atoms with van der Waals surface area (Å²) in [6.45, 7) is 0.977. The van der Waals surface area contributed by atoms with Gasteiger partial charge in [-0.3, -0.25) is 4.79 Å². The first kappa shape index (κ1) is 11.6. The van der Waals surface area contributed by atoms with Crippen molar-refractivity contribution in [3.63, 3.8) is 0 Å². The summed E-state index contributed by atoms with van der Waals surface area (Å²) in [6, 6.07) is 1.56. The Hall–Kier alpha value is -0.850. The number of carbonyl (C=O) groups is 1. The van der Waals surface area contributed by atoms with E-state index in [9.17, 15) is 9.90 Å². The van der Waals surface area contributed by atoms with Crippen LogP contribution in [0.1, 0.15) is 16.8 Å². The third kappa shape index (κ3) is 2.45. The molecule has 1 aromatic heterocycles. The van der Waals surface area contributed by atoms with E-state index in [0.717, 1.165) is 0 Å². The van der Waals surface area contributed by atoms with Gasteiger partial charge in [-0.2, -0.15) is 0 Å².